The summed E-state index contributed by atoms with van der Waals surface area (Å²) in [5.41, 5.74) is 14.7. The van der Waals surface area contributed by atoms with Crippen LogP contribution in [0.25, 0.3) is 0 Å². The summed E-state index contributed by atoms with van der Waals surface area (Å²) in [7, 11) is 0. The fraction of sp³-hybridized carbons (Fsp3) is 0.350. The smallest absolute Gasteiger partial charge is 0.257 e. The van der Waals surface area contributed by atoms with Crippen LogP contribution in [0.15, 0.2) is 36.8 Å². The summed E-state index contributed by atoms with van der Waals surface area (Å²) in [5, 5.41) is 8.59. The van der Waals surface area contributed by atoms with Crippen LogP contribution in [0.3, 0.4) is 0 Å². The number of fused-ring (bicyclic) bond motifs is 1. The van der Waals surface area contributed by atoms with Gasteiger partial charge < -0.3 is 21.1 Å². The minimum absolute atomic E-state index is 0.0238. The molecule has 9 nitrogen and oxygen atoms in total. The molecule has 0 amide bonds. The van der Waals surface area contributed by atoms with Crippen molar-refractivity contribution in [3.63, 3.8) is 0 Å². The Kier molecular flexibility index (Phi) is 4.63. The number of halogens is 1. The first-order valence-corrected chi connectivity index (χ1v) is 10.2. The molecule has 4 heterocycles. The zero-order valence-electron chi connectivity index (χ0n) is 16.2. The van der Waals surface area contributed by atoms with Crippen LogP contribution in [0.1, 0.15) is 30.1 Å². The van der Waals surface area contributed by atoms with E-state index in [0.717, 1.165) is 38.0 Å². The summed E-state index contributed by atoms with van der Waals surface area (Å²) in [6.07, 6.45) is 7.73. The normalized spacial score (nSPS) is 19.7. The number of hydrogen-bond acceptors (Lipinski definition) is 9. The van der Waals surface area contributed by atoms with E-state index in [2.05, 4.69) is 36.1 Å². The molecule has 0 saturated carbocycles. The van der Waals surface area contributed by atoms with Gasteiger partial charge in [-0.05, 0) is 36.3 Å². The number of hydrogen-bond donors (Lipinski definition) is 2. The third-order valence-electron chi connectivity index (χ3n) is 6.11. The first-order chi connectivity index (χ1) is 14.6. The van der Waals surface area contributed by atoms with Gasteiger partial charge in [0.2, 0.25) is 5.95 Å². The third kappa shape index (κ3) is 3.20. The van der Waals surface area contributed by atoms with Crippen LogP contribution in [-0.2, 0) is 6.42 Å². The van der Waals surface area contributed by atoms with Crippen LogP contribution in [0.5, 0.6) is 11.6 Å². The number of anilines is 2. The molecule has 3 aromatic heterocycles. The van der Waals surface area contributed by atoms with Crippen molar-refractivity contribution in [2.24, 2.45) is 11.1 Å². The highest BCUT2D eigenvalue weighted by Crippen LogP contribution is 2.50. The average Bonchev–Trinajstić information content (AvgIpc) is 3.04. The maximum Gasteiger partial charge on any atom is 0.257 e. The Bertz CT molecular complexity index is 1070. The van der Waals surface area contributed by atoms with Gasteiger partial charge in [0.15, 0.2) is 5.75 Å². The number of rotatable bonds is 3. The summed E-state index contributed by atoms with van der Waals surface area (Å²) in [6, 6.07) is 5.69. The van der Waals surface area contributed by atoms with Crippen molar-refractivity contribution in [1.82, 2.24) is 25.1 Å². The fourth-order valence-electron chi connectivity index (χ4n) is 4.38. The molecule has 154 valence electrons. The number of pyridine rings is 2. The maximum atomic E-state index is 6.61. The van der Waals surface area contributed by atoms with E-state index < -0.39 is 0 Å². The first kappa shape index (κ1) is 19.0. The SMILES string of the molecule is Nc1nccc(Oc2cnc(N3CCC4(CC3)Cc3ncccc3[C@H]4N)nn2)c1Cl. The van der Waals surface area contributed by atoms with Crippen molar-refractivity contribution in [2.45, 2.75) is 25.3 Å². The predicted octanol–water partition coefficient (Wildman–Crippen LogP) is 2.53. The Labute approximate surface area is 178 Å². The molecule has 0 bridgehead atoms. The quantitative estimate of drug-likeness (QED) is 0.651. The van der Waals surface area contributed by atoms with Gasteiger partial charge in [0, 0.05) is 43.3 Å². The van der Waals surface area contributed by atoms with Crippen molar-refractivity contribution in [3.8, 4) is 11.6 Å². The second kappa shape index (κ2) is 7.33. The summed E-state index contributed by atoms with van der Waals surface area (Å²) in [5.74, 6) is 1.35. The van der Waals surface area contributed by atoms with Gasteiger partial charge in [0.1, 0.15) is 10.8 Å². The molecule has 4 N–H and O–H groups in total. The molecule has 30 heavy (non-hydrogen) atoms. The average molecular weight is 425 g/mol. The fourth-order valence-corrected chi connectivity index (χ4v) is 4.53. The highest BCUT2D eigenvalue weighted by Gasteiger charge is 2.46. The Balaban J connectivity index is 1.26. The number of piperidine rings is 1. The molecule has 1 aliphatic heterocycles. The minimum Gasteiger partial charge on any atom is -0.435 e. The predicted molar refractivity (Wildman–Crippen MR) is 112 cm³/mol. The van der Waals surface area contributed by atoms with Crippen LogP contribution in [-0.4, -0.2) is 38.2 Å². The van der Waals surface area contributed by atoms with E-state index in [-0.39, 0.29) is 28.2 Å². The third-order valence-corrected chi connectivity index (χ3v) is 6.49. The lowest BCUT2D eigenvalue weighted by Gasteiger charge is -2.41. The van der Waals surface area contributed by atoms with Crippen molar-refractivity contribution < 1.29 is 4.74 Å². The Hall–Kier alpha value is -3.04. The molecule has 2 aliphatic rings. The molecular formula is C20H21ClN8O. The van der Waals surface area contributed by atoms with E-state index in [4.69, 9.17) is 27.8 Å². The monoisotopic (exact) mass is 424 g/mol. The lowest BCUT2D eigenvalue weighted by molar-refractivity contribution is 0.186. The Morgan fingerprint density at radius 2 is 1.93 bits per heavy atom. The molecule has 1 aliphatic carbocycles. The molecule has 3 aromatic rings. The number of nitrogen functional groups attached to an aromatic ring is 1. The van der Waals surface area contributed by atoms with Gasteiger partial charge in [-0.15, -0.1) is 10.2 Å². The topological polar surface area (TPSA) is 129 Å². The van der Waals surface area contributed by atoms with Crippen molar-refractivity contribution in [3.05, 3.63) is 53.1 Å². The van der Waals surface area contributed by atoms with Crippen LogP contribution in [0.4, 0.5) is 11.8 Å². The summed E-state index contributed by atoms with van der Waals surface area (Å²) < 4.78 is 5.63. The molecular weight excluding hydrogens is 404 g/mol. The molecule has 1 atom stereocenters. The maximum absolute atomic E-state index is 6.61. The zero-order chi connectivity index (χ0) is 20.7. The molecule has 1 spiro atoms. The largest absolute Gasteiger partial charge is 0.435 e. The van der Waals surface area contributed by atoms with Crippen LogP contribution in [0.2, 0.25) is 5.02 Å². The van der Waals surface area contributed by atoms with Crippen molar-refractivity contribution >= 4 is 23.4 Å². The summed E-state index contributed by atoms with van der Waals surface area (Å²) in [4.78, 5) is 15.0. The highest BCUT2D eigenvalue weighted by atomic mass is 35.5. The first-order valence-electron chi connectivity index (χ1n) is 9.78. The summed E-state index contributed by atoms with van der Waals surface area (Å²) >= 11 is 6.10. The van der Waals surface area contributed by atoms with Gasteiger partial charge in [-0.3, -0.25) is 4.98 Å². The van der Waals surface area contributed by atoms with Crippen molar-refractivity contribution in [2.75, 3.05) is 23.7 Å². The van der Waals surface area contributed by atoms with E-state index in [0.29, 0.717) is 11.7 Å². The molecule has 1 saturated heterocycles. The molecule has 1 fully saturated rings. The number of ether oxygens (including phenoxy) is 1. The molecule has 10 heteroatoms. The molecule has 0 unspecified atom stereocenters. The van der Waals surface area contributed by atoms with Gasteiger partial charge >= 0.3 is 0 Å². The zero-order valence-corrected chi connectivity index (χ0v) is 17.0. The Morgan fingerprint density at radius 3 is 2.67 bits per heavy atom. The lowest BCUT2D eigenvalue weighted by Crippen LogP contribution is -2.45. The number of aromatic nitrogens is 5. The summed E-state index contributed by atoms with van der Waals surface area (Å²) in [6.45, 7) is 1.63. The van der Waals surface area contributed by atoms with Gasteiger partial charge in [-0.2, -0.15) is 0 Å². The second-order valence-electron chi connectivity index (χ2n) is 7.75. The molecule has 0 radical (unpaired) electrons. The van der Waals surface area contributed by atoms with Crippen LogP contribution >= 0.6 is 11.6 Å². The van der Waals surface area contributed by atoms with E-state index in [9.17, 15) is 0 Å². The minimum atomic E-state index is 0.0238. The Morgan fingerprint density at radius 1 is 1.10 bits per heavy atom. The van der Waals surface area contributed by atoms with Gasteiger partial charge in [-0.25, -0.2) is 9.97 Å². The molecule has 0 aromatic carbocycles. The van der Waals surface area contributed by atoms with Crippen LogP contribution < -0.4 is 21.1 Å². The lowest BCUT2D eigenvalue weighted by atomic mass is 9.73. The van der Waals surface area contributed by atoms with E-state index in [1.54, 1.807) is 6.07 Å². The van der Waals surface area contributed by atoms with Crippen LogP contribution in [0, 0.1) is 5.41 Å². The van der Waals surface area contributed by atoms with Gasteiger partial charge in [-0.1, -0.05) is 17.7 Å². The number of nitrogens with two attached hydrogens (primary N) is 2. The highest BCUT2D eigenvalue weighted by molar-refractivity contribution is 6.34. The number of nitrogens with zero attached hydrogens (tertiary/aromatic N) is 6. The van der Waals surface area contributed by atoms with E-state index in [1.165, 1.54) is 18.0 Å². The van der Waals surface area contributed by atoms with Crippen molar-refractivity contribution in [1.29, 1.82) is 0 Å². The van der Waals surface area contributed by atoms with Gasteiger partial charge in [0.05, 0.1) is 6.20 Å². The van der Waals surface area contributed by atoms with Gasteiger partial charge in [0.25, 0.3) is 5.88 Å². The van der Waals surface area contributed by atoms with E-state index >= 15 is 0 Å². The second-order valence-corrected chi connectivity index (χ2v) is 8.13. The molecule has 5 rings (SSSR count). The van der Waals surface area contributed by atoms with E-state index in [1.807, 2.05) is 12.3 Å². The standard InChI is InChI=1S/C20H21ClN8O/c21-16-14(3-7-25-18(16)23)30-15-11-26-19(28-27-15)29-8-4-20(5-9-29)10-13-12(17(20)22)2-1-6-24-13/h1-3,6-7,11,17H,4-5,8-10,22H2,(H2,23,25)/t17-/m1/s1.